The Morgan fingerprint density at radius 1 is 1.14 bits per heavy atom. The third kappa shape index (κ3) is 4.02. The number of rotatable bonds is 5. The SMILES string of the molecule is CCN(Cc1cccc(N)c1)Cc1c(F)ccc(Br)c1F. The summed E-state index contributed by atoms with van der Waals surface area (Å²) in [7, 11) is 0. The first-order valence-corrected chi connectivity index (χ1v) is 7.49. The van der Waals surface area contributed by atoms with Gasteiger partial charge >= 0.3 is 0 Å². The molecule has 0 amide bonds. The van der Waals surface area contributed by atoms with Gasteiger partial charge < -0.3 is 5.73 Å². The zero-order valence-corrected chi connectivity index (χ0v) is 13.3. The Labute approximate surface area is 131 Å². The lowest BCUT2D eigenvalue weighted by molar-refractivity contribution is 0.262. The Morgan fingerprint density at radius 3 is 2.57 bits per heavy atom. The van der Waals surface area contributed by atoms with Gasteiger partial charge in [-0.25, -0.2) is 8.78 Å². The number of nitrogen functional groups attached to an aromatic ring is 1. The van der Waals surface area contributed by atoms with Crippen LogP contribution in [0, 0.1) is 11.6 Å². The number of halogens is 3. The van der Waals surface area contributed by atoms with Gasteiger partial charge in [0.1, 0.15) is 11.6 Å². The highest BCUT2D eigenvalue weighted by Crippen LogP contribution is 2.23. The van der Waals surface area contributed by atoms with E-state index in [1.807, 2.05) is 36.1 Å². The molecule has 21 heavy (non-hydrogen) atoms. The summed E-state index contributed by atoms with van der Waals surface area (Å²) >= 11 is 3.09. The monoisotopic (exact) mass is 354 g/mol. The smallest absolute Gasteiger partial charge is 0.144 e. The van der Waals surface area contributed by atoms with Gasteiger partial charge in [0, 0.05) is 24.3 Å². The molecule has 0 fully saturated rings. The number of benzene rings is 2. The van der Waals surface area contributed by atoms with Gasteiger partial charge in [0.15, 0.2) is 0 Å². The van der Waals surface area contributed by atoms with Crippen molar-refractivity contribution in [1.29, 1.82) is 0 Å². The van der Waals surface area contributed by atoms with Crippen molar-refractivity contribution in [3.05, 3.63) is 63.6 Å². The van der Waals surface area contributed by atoms with Crippen LogP contribution in [0.15, 0.2) is 40.9 Å². The maximum absolute atomic E-state index is 14.0. The third-order valence-corrected chi connectivity index (χ3v) is 3.94. The molecule has 0 radical (unpaired) electrons. The Kier molecular flexibility index (Phi) is 5.31. The van der Waals surface area contributed by atoms with Crippen LogP contribution in [0.2, 0.25) is 0 Å². The van der Waals surface area contributed by atoms with Gasteiger partial charge in [-0.05, 0) is 52.3 Å². The Morgan fingerprint density at radius 2 is 1.90 bits per heavy atom. The highest BCUT2D eigenvalue weighted by molar-refractivity contribution is 9.10. The standard InChI is InChI=1S/C16H17BrF2N2/c1-2-21(9-11-4-3-5-12(20)8-11)10-13-15(18)7-6-14(17)16(13)19/h3-8H,2,9-10,20H2,1H3. The number of hydrogen-bond donors (Lipinski definition) is 1. The number of anilines is 1. The Hall–Kier alpha value is -1.46. The Bertz CT molecular complexity index is 632. The molecule has 2 aromatic carbocycles. The van der Waals surface area contributed by atoms with Crippen LogP contribution >= 0.6 is 15.9 Å². The van der Waals surface area contributed by atoms with Crippen LogP contribution in [0.5, 0.6) is 0 Å². The lowest BCUT2D eigenvalue weighted by atomic mass is 10.1. The molecular formula is C16H17BrF2N2. The summed E-state index contributed by atoms with van der Waals surface area (Å²) < 4.78 is 28.1. The van der Waals surface area contributed by atoms with Gasteiger partial charge in [-0.15, -0.1) is 0 Å². The maximum Gasteiger partial charge on any atom is 0.144 e. The topological polar surface area (TPSA) is 29.3 Å². The predicted octanol–water partition coefficient (Wildman–Crippen LogP) is 4.33. The number of hydrogen-bond acceptors (Lipinski definition) is 2. The van der Waals surface area contributed by atoms with E-state index in [2.05, 4.69) is 15.9 Å². The number of nitrogens with two attached hydrogens (primary N) is 1. The summed E-state index contributed by atoms with van der Waals surface area (Å²) in [4.78, 5) is 1.96. The van der Waals surface area contributed by atoms with Crippen molar-refractivity contribution in [3.8, 4) is 0 Å². The third-order valence-electron chi connectivity index (χ3n) is 3.33. The van der Waals surface area contributed by atoms with Crippen LogP contribution < -0.4 is 5.73 Å². The minimum absolute atomic E-state index is 0.0788. The van der Waals surface area contributed by atoms with Gasteiger partial charge in [0.2, 0.25) is 0 Å². The van der Waals surface area contributed by atoms with Crippen molar-refractivity contribution in [2.45, 2.75) is 20.0 Å². The molecule has 112 valence electrons. The minimum Gasteiger partial charge on any atom is -0.399 e. The molecule has 0 unspecified atom stereocenters. The largest absolute Gasteiger partial charge is 0.399 e. The molecule has 2 nitrogen and oxygen atoms in total. The van der Waals surface area contributed by atoms with E-state index in [0.717, 1.165) is 5.56 Å². The first-order chi connectivity index (χ1) is 10.0. The molecule has 0 bridgehead atoms. The van der Waals surface area contributed by atoms with Crippen LogP contribution in [0.3, 0.4) is 0 Å². The van der Waals surface area contributed by atoms with E-state index < -0.39 is 11.6 Å². The van der Waals surface area contributed by atoms with Gasteiger partial charge in [0.05, 0.1) is 4.47 Å². The first kappa shape index (κ1) is 15.9. The minimum atomic E-state index is -0.541. The van der Waals surface area contributed by atoms with Crippen molar-refractivity contribution in [2.24, 2.45) is 0 Å². The molecule has 0 aliphatic heterocycles. The molecule has 5 heteroatoms. The van der Waals surface area contributed by atoms with Crippen LogP contribution in [-0.2, 0) is 13.1 Å². The molecule has 0 saturated heterocycles. The van der Waals surface area contributed by atoms with E-state index >= 15 is 0 Å². The second-order valence-corrected chi connectivity index (χ2v) is 5.72. The molecule has 0 atom stereocenters. The van der Waals surface area contributed by atoms with E-state index in [1.54, 1.807) is 0 Å². The Balaban J connectivity index is 2.18. The fourth-order valence-electron chi connectivity index (χ4n) is 2.17. The summed E-state index contributed by atoms with van der Waals surface area (Å²) in [6.07, 6.45) is 0. The highest BCUT2D eigenvalue weighted by atomic mass is 79.9. The zero-order chi connectivity index (χ0) is 15.4. The van der Waals surface area contributed by atoms with Crippen LogP contribution in [0.25, 0.3) is 0 Å². The average molecular weight is 355 g/mol. The summed E-state index contributed by atoms with van der Waals surface area (Å²) in [6.45, 7) is 3.44. The van der Waals surface area contributed by atoms with Crippen molar-refractivity contribution < 1.29 is 8.78 Å². The van der Waals surface area contributed by atoms with Crippen LogP contribution in [0.4, 0.5) is 14.5 Å². The number of nitrogens with zero attached hydrogens (tertiary/aromatic N) is 1. The fraction of sp³-hybridized carbons (Fsp3) is 0.250. The quantitative estimate of drug-likeness (QED) is 0.639. The van der Waals surface area contributed by atoms with E-state index in [1.165, 1.54) is 12.1 Å². The van der Waals surface area contributed by atoms with E-state index in [-0.39, 0.29) is 16.6 Å². The van der Waals surface area contributed by atoms with Gasteiger partial charge in [-0.1, -0.05) is 19.1 Å². The lowest BCUT2D eigenvalue weighted by Gasteiger charge is -2.21. The summed E-state index contributed by atoms with van der Waals surface area (Å²) in [5.74, 6) is -1.07. The molecule has 0 aliphatic carbocycles. The van der Waals surface area contributed by atoms with Gasteiger partial charge in [-0.3, -0.25) is 4.90 Å². The first-order valence-electron chi connectivity index (χ1n) is 6.70. The molecule has 0 aliphatic rings. The second-order valence-electron chi connectivity index (χ2n) is 4.87. The van der Waals surface area contributed by atoms with Crippen LogP contribution in [-0.4, -0.2) is 11.4 Å². The van der Waals surface area contributed by atoms with E-state index in [4.69, 9.17) is 5.73 Å². The fourth-order valence-corrected chi connectivity index (χ4v) is 2.54. The molecule has 2 N–H and O–H groups in total. The van der Waals surface area contributed by atoms with E-state index in [0.29, 0.717) is 18.8 Å². The summed E-state index contributed by atoms with van der Waals surface area (Å²) in [5.41, 5.74) is 7.54. The van der Waals surface area contributed by atoms with Crippen molar-refractivity contribution in [1.82, 2.24) is 4.90 Å². The second kappa shape index (κ2) is 7.00. The summed E-state index contributed by atoms with van der Waals surface area (Å²) in [6, 6.07) is 10.2. The zero-order valence-electron chi connectivity index (χ0n) is 11.7. The predicted molar refractivity (Wildman–Crippen MR) is 84.7 cm³/mol. The average Bonchev–Trinajstić information content (AvgIpc) is 2.46. The lowest BCUT2D eigenvalue weighted by Crippen LogP contribution is -2.23. The summed E-state index contributed by atoms with van der Waals surface area (Å²) in [5, 5.41) is 0. The van der Waals surface area contributed by atoms with Crippen LogP contribution in [0.1, 0.15) is 18.1 Å². The van der Waals surface area contributed by atoms with E-state index in [9.17, 15) is 8.78 Å². The molecule has 2 rings (SSSR count). The molecular weight excluding hydrogens is 338 g/mol. The molecule has 2 aromatic rings. The molecule has 0 aromatic heterocycles. The molecule has 0 saturated carbocycles. The molecule has 0 spiro atoms. The molecule has 0 heterocycles. The van der Waals surface area contributed by atoms with Gasteiger partial charge in [-0.2, -0.15) is 0 Å². The van der Waals surface area contributed by atoms with Crippen molar-refractivity contribution in [2.75, 3.05) is 12.3 Å². The van der Waals surface area contributed by atoms with Crippen molar-refractivity contribution >= 4 is 21.6 Å². The normalized spacial score (nSPS) is 11.1. The van der Waals surface area contributed by atoms with Crippen molar-refractivity contribution in [3.63, 3.8) is 0 Å². The van der Waals surface area contributed by atoms with Gasteiger partial charge in [0.25, 0.3) is 0 Å². The highest BCUT2D eigenvalue weighted by Gasteiger charge is 2.15. The maximum atomic E-state index is 14.0.